The number of halogens is 1. The molecule has 1 aliphatic rings. The molecule has 112 valence electrons. The summed E-state index contributed by atoms with van der Waals surface area (Å²) in [5, 5.41) is 0. The first-order valence-corrected chi connectivity index (χ1v) is 7.19. The Balaban J connectivity index is 0.00000200. The number of carbonyl (C=O) groups is 1. The topological polar surface area (TPSA) is 46.3 Å². The smallest absolute Gasteiger partial charge is 0.222 e. The number of hydrogen-bond acceptors (Lipinski definition) is 2. The number of carbonyl (C=O) groups excluding carboxylic acids is 1. The number of amides is 1. The number of nitrogens with zero attached hydrogens (tertiary/aromatic N) is 1. The van der Waals surface area contributed by atoms with E-state index in [1.807, 2.05) is 29.2 Å². The van der Waals surface area contributed by atoms with Gasteiger partial charge in [0, 0.05) is 25.2 Å². The van der Waals surface area contributed by atoms with E-state index in [0.717, 1.165) is 43.1 Å². The standard InChI is InChI=1S/C16H24N2O.ClH/c1-12-9-10-18(11-13(12)2)16(19)8-7-14-5-3-4-6-15(14)17;/h3-6,12-13H,7-11,17H2,1-2H3;1H. The number of aryl methyl sites for hydroxylation is 1. The van der Waals surface area contributed by atoms with Crippen molar-refractivity contribution in [2.24, 2.45) is 11.8 Å². The lowest BCUT2D eigenvalue weighted by Crippen LogP contribution is -2.42. The summed E-state index contributed by atoms with van der Waals surface area (Å²) in [6, 6.07) is 7.79. The molecule has 0 spiro atoms. The van der Waals surface area contributed by atoms with Crippen LogP contribution in [0.3, 0.4) is 0 Å². The van der Waals surface area contributed by atoms with Gasteiger partial charge in [0.05, 0.1) is 0 Å². The van der Waals surface area contributed by atoms with Crippen LogP contribution >= 0.6 is 12.4 Å². The Bertz CT molecular complexity index is 450. The highest BCUT2D eigenvalue weighted by atomic mass is 35.5. The van der Waals surface area contributed by atoms with Crippen LogP contribution in [0, 0.1) is 11.8 Å². The number of benzene rings is 1. The lowest BCUT2D eigenvalue weighted by molar-refractivity contribution is -0.133. The highest BCUT2D eigenvalue weighted by Gasteiger charge is 2.25. The van der Waals surface area contributed by atoms with E-state index in [9.17, 15) is 4.79 Å². The fourth-order valence-electron chi connectivity index (χ4n) is 2.65. The molecule has 4 heteroatoms. The van der Waals surface area contributed by atoms with Crippen LogP contribution in [-0.4, -0.2) is 23.9 Å². The SMILES string of the molecule is CC1CCN(C(=O)CCc2ccccc2N)CC1C.Cl. The lowest BCUT2D eigenvalue weighted by atomic mass is 9.88. The molecule has 2 N–H and O–H groups in total. The van der Waals surface area contributed by atoms with Crippen LogP contribution in [0.15, 0.2) is 24.3 Å². The number of likely N-dealkylation sites (tertiary alicyclic amines) is 1. The summed E-state index contributed by atoms with van der Waals surface area (Å²) in [6.07, 6.45) is 2.43. The van der Waals surface area contributed by atoms with Crippen LogP contribution in [0.25, 0.3) is 0 Å². The first-order valence-electron chi connectivity index (χ1n) is 7.19. The van der Waals surface area contributed by atoms with Crippen molar-refractivity contribution >= 4 is 24.0 Å². The average molecular weight is 297 g/mol. The van der Waals surface area contributed by atoms with E-state index in [-0.39, 0.29) is 18.3 Å². The maximum absolute atomic E-state index is 12.2. The fourth-order valence-corrected chi connectivity index (χ4v) is 2.65. The predicted molar refractivity (Wildman–Crippen MR) is 85.9 cm³/mol. The number of hydrogen-bond donors (Lipinski definition) is 1. The summed E-state index contributed by atoms with van der Waals surface area (Å²) in [4.78, 5) is 14.2. The van der Waals surface area contributed by atoms with Crippen molar-refractivity contribution in [3.63, 3.8) is 0 Å². The van der Waals surface area contributed by atoms with Crippen molar-refractivity contribution < 1.29 is 4.79 Å². The van der Waals surface area contributed by atoms with E-state index in [2.05, 4.69) is 13.8 Å². The van der Waals surface area contributed by atoms with Gasteiger partial charge in [-0.3, -0.25) is 4.79 Å². The number of para-hydroxylation sites is 1. The number of piperidine rings is 1. The summed E-state index contributed by atoms with van der Waals surface area (Å²) < 4.78 is 0. The fraction of sp³-hybridized carbons (Fsp3) is 0.562. The molecule has 2 atom stereocenters. The van der Waals surface area contributed by atoms with E-state index in [1.54, 1.807) is 0 Å². The zero-order valence-electron chi connectivity index (χ0n) is 12.3. The first-order chi connectivity index (χ1) is 9.08. The molecule has 0 aliphatic carbocycles. The Morgan fingerprint density at radius 3 is 2.65 bits per heavy atom. The maximum atomic E-state index is 12.2. The molecule has 1 aromatic carbocycles. The van der Waals surface area contributed by atoms with Gasteiger partial charge in [0.2, 0.25) is 5.91 Å². The molecule has 0 radical (unpaired) electrons. The average Bonchev–Trinajstić information content (AvgIpc) is 2.40. The largest absolute Gasteiger partial charge is 0.399 e. The molecule has 1 saturated heterocycles. The number of nitrogen functional groups attached to an aromatic ring is 1. The highest BCUT2D eigenvalue weighted by Crippen LogP contribution is 2.23. The third-order valence-corrected chi connectivity index (χ3v) is 4.35. The zero-order valence-corrected chi connectivity index (χ0v) is 13.2. The monoisotopic (exact) mass is 296 g/mol. The van der Waals surface area contributed by atoms with Crippen LogP contribution in [0.1, 0.15) is 32.3 Å². The molecule has 1 aromatic rings. The summed E-state index contributed by atoms with van der Waals surface area (Å²) >= 11 is 0. The molecule has 3 nitrogen and oxygen atoms in total. The summed E-state index contributed by atoms with van der Waals surface area (Å²) in [5.74, 6) is 1.61. The van der Waals surface area contributed by atoms with Gasteiger partial charge < -0.3 is 10.6 Å². The molecule has 1 heterocycles. The lowest BCUT2D eigenvalue weighted by Gasteiger charge is -2.35. The maximum Gasteiger partial charge on any atom is 0.222 e. The van der Waals surface area contributed by atoms with Gasteiger partial charge in [-0.25, -0.2) is 0 Å². The molecule has 1 aliphatic heterocycles. The van der Waals surface area contributed by atoms with Crippen LogP contribution in [0.2, 0.25) is 0 Å². The number of rotatable bonds is 3. The van der Waals surface area contributed by atoms with Crippen molar-refractivity contribution in [3.8, 4) is 0 Å². The molecule has 2 unspecified atom stereocenters. The molecule has 0 aromatic heterocycles. The van der Waals surface area contributed by atoms with Crippen LogP contribution in [0.5, 0.6) is 0 Å². The summed E-state index contributed by atoms with van der Waals surface area (Å²) in [6.45, 7) is 6.33. The molecule has 1 fully saturated rings. The van der Waals surface area contributed by atoms with Crippen LogP contribution < -0.4 is 5.73 Å². The van der Waals surface area contributed by atoms with Crippen LogP contribution in [0.4, 0.5) is 5.69 Å². The Labute approximate surface area is 127 Å². The second kappa shape index (κ2) is 7.53. The van der Waals surface area contributed by atoms with Crippen molar-refractivity contribution in [1.29, 1.82) is 0 Å². The van der Waals surface area contributed by atoms with Crippen molar-refractivity contribution in [1.82, 2.24) is 4.90 Å². The van der Waals surface area contributed by atoms with Crippen LogP contribution in [-0.2, 0) is 11.2 Å². The minimum atomic E-state index is 0. The Morgan fingerprint density at radius 2 is 2.00 bits per heavy atom. The summed E-state index contributed by atoms with van der Waals surface area (Å²) in [7, 11) is 0. The molecule has 20 heavy (non-hydrogen) atoms. The van der Waals surface area contributed by atoms with E-state index in [4.69, 9.17) is 5.73 Å². The second-order valence-corrected chi connectivity index (χ2v) is 5.78. The summed E-state index contributed by atoms with van der Waals surface area (Å²) in [5.41, 5.74) is 7.77. The molecule has 0 saturated carbocycles. The minimum Gasteiger partial charge on any atom is -0.399 e. The third-order valence-electron chi connectivity index (χ3n) is 4.35. The van der Waals surface area contributed by atoms with E-state index in [0.29, 0.717) is 12.3 Å². The minimum absolute atomic E-state index is 0. The third kappa shape index (κ3) is 4.14. The zero-order chi connectivity index (χ0) is 13.8. The van der Waals surface area contributed by atoms with Gasteiger partial charge in [0.1, 0.15) is 0 Å². The number of nitrogens with two attached hydrogens (primary N) is 1. The van der Waals surface area contributed by atoms with E-state index >= 15 is 0 Å². The van der Waals surface area contributed by atoms with Crippen molar-refractivity contribution in [2.75, 3.05) is 18.8 Å². The van der Waals surface area contributed by atoms with Gasteiger partial charge in [-0.1, -0.05) is 32.0 Å². The molecule has 2 rings (SSSR count). The van der Waals surface area contributed by atoms with Gasteiger partial charge in [-0.15, -0.1) is 12.4 Å². The first kappa shape index (κ1) is 16.8. The molecular weight excluding hydrogens is 272 g/mol. The Hall–Kier alpha value is -1.22. The van der Waals surface area contributed by atoms with Gasteiger partial charge in [0.25, 0.3) is 0 Å². The van der Waals surface area contributed by atoms with Gasteiger partial charge in [0.15, 0.2) is 0 Å². The van der Waals surface area contributed by atoms with Gasteiger partial charge in [-0.2, -0.15) is 0 Å². The van der Waals surface area contributed by atoms with Gasteiger partial charge in [-0.05, 0) is 36.3 Å². The van der Waals surface area contributed by atoms with E-state index < -0.39 is 0 Å². The molecular formula is C16H25ClN2O. The van der Waals surface area contributed by atoms with E-state index in [1.165, 1.54) is 0 Å². The molecule has 1 amide bonds. The Kier molecular flexibility index (Phi) is 6.34. The predicted octanol–water partition coefficient (Wildman–Crippen LogP) is 3.13. The van der Waals surface area contributed by atoms with Gasteiger partial charge >= 0.3 is 0 Å². The van der Waals surface area contributed by atoms with Crippen molar-refractivity contribution in [2.45, 2.75) is 33.1 Å². The molecule has 0 bridgehead atoms. The Morgan fingerprint density at radius 1 is 1.30 bits per heavy atom. The quantitative estimate of drug-likeness (QED) is 0.871. The second-order valence-electron chi connectivity index (χ2n) is 5.78. The highest BCUT2D eigenvalue weighted by molar-refractivity contribution is 5.85. The van der Waals surface area contributed by atoms with Crippen molar-refractivity contribution in [3.05, 3.63) is 29.8 Å². The number of anilines is 1. The normalized spacial score (nSPS) is 22.2.